The molecule has 0 aromatic carbocycles. The van der Waals surface area contributed by atoms with Crippen LogP contribution >= 0.6 is 0 Å². The zero-order valence-corrected chi connectivity index (χ0v) is 12.2. The molecule has 8 atom stereocenters. The van der Waals surface area contributed by atoms with Crippen molar-refractivity contribution in [2.45, 2.75) is 49.4 Å². The van der Waals surface area contributed by atoms with Crippen LogP contribution in [0.15, 0.2) is 0 Å². The number of hydrogen-bond acceptors (Lipinski definition) is 8. The average Bonchev–Trinajstić information content (AvgIpc) is 2.91. The predicted octanol–water partition coefficient (Wildman–Crippen LogP) is -4.04. The van der Waals surface area contributed by atoms with E-state index in [1.165, 1.54) is 0 Å². The van der Waals surface area contributed by atoms with Gasteiger partial charge in [0.25, 0.3) is 0 Å². The van der Waals surface area contributed by atoms with Gasteiger partial charge in [0.1, 0.15) is 0 Å². The molecule has 8 heteroatoms. The van der Waals surface area contributed by atoms with Crippen molar-refractivity contribution in [1.82, 2.24) is 16.0 Å². The maximum atomic E-state index is 10.1. The molecule has 8 N–H and O–H groups in total. The van der Waals surface area contributed by atoms with E-state index >= 15 is 0 Å². The summed E-state index contributed by atoms with van der Waals surface area (Å²) in [5, 5.41) is 57.2. The molecule has 0 saturated carbocycles. The highest BCUT2D eigenvalue weighted by atomic mass is 16.3. The molecule has 0 amide bonds. The molecule has 2 aliphatic rings. The summed E-state index contributed by atoms with van der Waals surface area (Å²) in [5.74, 6) is -0.0161. The van der Waals surface area contributed by atoms with Gasteiger partial charge in [0, 0.05) is 37.1 Å². The highest BCUT2D eigenvalue weighted by molar-refractivity contribution is 5.00. The number of hydrogen-bond donors (Lipinski definition) is 8. The van der Waals surface area contributed by atoms with Gasteiger partial charge in [-0.25, -0.2) is 0 Å². The second kappa shape index (κ2) is 7.30. The standard InChI is InChI=1S/C13H27N3O5/c1-6-9(4-17)15-7(11(6)19)2-14-3-8-12(20)13(21)10(5-18)16-8/h6-21H,2-5H2,1H3/t6-,7-,8-,9-,10-,11+,12-,13-/m1/s1. The SMILES string of the molecule is C[C@H]1[C@H](O)[C@@H](CNC[C@H]2N[C@H](CO)[C@@H](O)[C@@H]2O)N[C@@H]1CO. The van der Waals surface area contributed by atoms with Gasteiger partial charge in [0.2, 0.25) is 0 Å². The van der Waals surface area contributed by atoms with Crippen molar-refractivity contribution in [3.63, 3.8) is 0 Å². The zero-order valence-electron chi connectivity index (χ0n) is 12.2. The smallest absolute Gasteiger partial charge is 0.0989 e. The third-order valence-electron chi connectivity index (χ3n) is 4.74. The summed E-state index contributed by atoms with van der Waals surface area (Å²) >= 11 is 0. The molecule has 0 unspecified atom stereocenters. The molecule has 0 spiro atoms. The topological polar surface area (TPSA) is 137 Å². The fraction of sp³-hybridized carbons (Fsp3) is 1.00. The second-order valence-corrected chi connectivity index (χ2v) is 6.11. The maximum absolute atomic E-state index is 10.1. The van der Waals surface area contributed by atoms with Crippen molar-refractivity contribution in [3.05, 3.63) is 0 Å². The minimum atomic E-state index is -0.976. The minimum absolute atomic E-state index is 0.0119. The lowest BCUT2D eigenvalue weighted by Gasteiger charge is -2.20. The highest BCUT2D eigenvalue weighted by Crippen LogP contribution is 2.20. The summed E-state index contributed by atoms with van der Waals surface area (Å²) in [6, 6.07) is -1.13. The Labute approximate surface area is 124 Å². The van der Waals surface area contributed by atoms with Crippen LogP contribution in [-0.4, -0.2) is 94.3 Å². The van der Waals surface area contributed by atoms with Crippen LogP contribution in [0.3, 0.4) is 0 Å². The molecule has 2 saturated heterocycles. The molecule has 0 bridgehead atoms. The van der Waals surface area contributed by atoms with Crippen LogP contribution in [0.1, 0.15) is 6.92 Å². The zero-order chi connectivity index (χ0) is 15.6. The number of nitrogens with one attached hydrogen (secondary N) is 3. The van der Waals surface area contributed by atoms with Gasteiger partial charge in [-0.1, -0.05) is 6.92 Å². The van der Waals surface area contributed by atoms with E-state index < -0.39 is 24.4 Å². The Morgan fingerprint density at radius 1 is 0.762 bits per heavy atom. The third kappa shape index (κ3) is 3.54. The summed E-state index contributed by atoms with van der Waals surface area (Å²) in [4.78, 5) is 0. The monoisotopic (exact) mass is 305 g/mol. The first kappa shape index (κ1) is 17.0. The lowest BCUT2D eigenvalue weighted by atomic mass is 9.99. The first-order valence-corrected chi connectivity index (χ1v) is 7.48. The molecule has 0 aliphatic carbocycles. The van der Waals surface area contributed by atoms with Crippen LogP contribution in [0.25, 0.3) is 0 Å². The largest absolute Gasteiger partial charge is 0.395 e. The van der Waals surface area contributed by atoms with Crippen LogP contribution in [0.2, 0.25) is 0 Å². The number of rotatable bonds is 6. The normalized spacial score (nSPS) is 47.1. The molecular formula is C13H27N3O5. The van der Waals surface area contributed by atoms with Crippen molar-refractivity contribution in [1.29, 1.82) is 0 Å². The van der Waals surface area contributed by atoms with Crippen LogP contribution in [0.5, 0.6) is 0 Å². The minimum Gasteiger partial charge on any atom is -0.395 e. The first-order chi connectivity index (χ1) is 9.99. The summed E-state index contributed by atoms with van der Waals surface area (Å²) in [6.45, 7) is 2.56. The second-order valence-electron chi connectivity index (χ2n) is 6.11. The van der Waals surface area contributed by atoms with Crippen LogP contribution in [0.4, 0.5) is 0 Å². The Bertz CT molecular complexity index is 305. The Hall–Kier alpha value is -0.320. The molecule has 21 heavy (non-hydrogen) atoms. The van der Waals surface area contributed by atoms with Gasteiger partial charge >= 0.3 is 0 Å². The lowest BCUT2D eigenvalue weighted by molar-refractivity contribution is 0.0196. The van der Waals surface area contributed by atoms with Crippen molar-refractivity contribution in [3.8, 4) is 0 Å². The fourth-order valence-corrected chi connectivity index (χ4v) is 3.21. The van der Waals surface area contributed by atoms with Crippen molar-refractivity contribution < 1.29 is 25.5 Å². The van der Waals surface area contributed by atoms with Gasteiger partial charge in [0.15, 0.2) is 0 Å². The van der Waals surface area contributed by atoms with E-state index in [0.717, 1.165) is 0 Å². The highest BCUT2D eigenvalue weighted by Gasteiger charge is 2.41. The Balaban J connectivity index is 1.75. The summed E-state index contributed by atoms with van der Waals surface area (Å²) in [6.07, 6.45) is -2.44. The fourth-order valence-electron chi connectivity index (χ4n) is 3.21. The van der Waals surface area contributed by atoms with E-state index in [1.807, 2.05) is 6.92 Å². The average molecular weight is 305 g/mol. The van der Waals surface area contributed by atoms with Gasteiger partial charge in [-0.15, -0.1) is 0 Å². The van der Waals surface area contributed by atoms with Crippen LogP contribution < -0.4 is 16.0 Å². The van der Waals surface area contributed by atoms with E-state index in [4.69, 9.17) is 5.11 Å². The Morgan fingerprint density at radius 2 is 1.24 bits per heavy atom. The van der Waals surface area contributed by atoms with E-state index in [1.54, 1.807) is 0 Å². The Kier molecular flexibility index (Phi) is 5.92. The van der Waals surface area contributed by atoms with Gasteiger partial charge in [0.05, 0.1) is 37.6 Å². The van der Waals surface area contributed by atoms with Crippen LogP contribution in [0, 0.1) is 5.92 Å². The molecule has 0 aromatic rings. The van der Waals surface area contributed by atoms with Crippen molar-refractivity contribution in [2.24, 2.45) is 5.92 Å². The molecular weight excluding hydrogens is 278 g/mol. The van der Waals surface area contributed by atoms with E-state index in [9.17, 15) is 20.4 Å². The maximum Gasteiger partial charge on any atom is 0.0989 e. The molecule has 2 rings (SSSR count). The molecule has 0 radical (unpaired) electrons. The predicted molar refractivity (Wildman–Crippen MR) is 75.6 cm³/mol. The number of aliphatic hydroxyl groups excluding tert-OH is 5. The summed E-state index contributed by atoms with van der Waals surface area (Å²) < 4.78 is 0. The van der Waals surface area contributed by atoms with Gasteiger partial charge in [-0.3, -0.25) is 0 Å². The molecule has 2 fully saturated rings. The third-order valence-corrected chi connectivity index (χ3v) is 4.74. The van der Waals surface area contributed by atoms with E-state index in [0.29, 0.717) is 13.1 Å². The molecule has 8 nitrogen and oxygen atoms in total. The molecule has 124 valence electrons. The Morgan fingerprint density at radius 3 is 1.71 bits per heavy atom. The number of aliphatic hydroxyl groups is 5. The van der Waals surface area contributed by atoms with Crippen LogP contribution in [-0.2, 0) is 0 Å². The molecule has 0 aromatic heterocycles. The first-order valence-electron chi connectivity index (χ1n) is 7.48. The van der Waals surface area contributed by atoms with E-state index in [-0.39, 0.29) is 37.3 Å². The molecule has 2 heterocycles. The summed E-state index contributed by atoms with van der Waals surface area (Å²) in [7, 11) is 0. The van der Waals surface area contributed by atoms with Gasteiger partial charge in [-0.2, -0.15) is 0 Å². The lowest BCUT2D eigenvalue weighted by Crippen LogP contribution is -2.48. The van der Waals surface area contributed by atoms with Crippen molar-refractivity contribution >= 4 is 0 Å². The molecule has 2 aliphatic heterocycles. The van der Waals surface area contributed by atoms with E-state index in [2.05, 4.69) is 16.0 Å². The summed E-state index contributed by atoms with van der Waals surface area (Å²) in [5.41, 5.74) is 0. The quantitative estimate of drug-likeness (QED) is 0.248. The van der Waals surface area contributed by atoms with Gasteiger partial charge < -0.3 is 41.5 Å². The van der Waals surface area contributed by atoms with Crippen molar-refractivity contribution in [2.75, 3.05) is 26.3 Å². The van der Waals surface area contributed by atoms with Gasteiger partial charge in [-0.05, 0) is 0 Å².